The molecule has 5 heteroatoms. The zero-order chi connectivity index (χ0) is 14.7. The van der Waals surface area contributed by atoms with E-state index in [2.05, 4.69) is 11.8 Å². The number of aliphatic hydroxyl groups is 1. The van der Waals surface area contributed by atoms with E-state index in [1.807, 2.05) is 13.8 Å². The minimum absolute atomic E-state index is 0.0367. The number of aromatic nitrogens is 1. The molecule has 1 aromatic carbocycles. The van der Waals surface area contributed by atoms with Crippen LogP contribution >= 0.6 is 11.3 Å². The molecule has 0 bridgehead atoms. The Hall–Kier alpha value is -1.90. The zero-order valence-electron chi connectivity index (χ0n) is 11.2. The molecule has 0 fully saturated rings. The third-order valence-electron chi connectivity index (χ3n) is 3.08. The summed E-state index contributed by atoms with van der Waals surface area (Å²) >= 11 is 1.20. The lowest BCUT2D eigenvalue weighted by Gasteiger charge is -2.08. The van der Waals surface area contributed by atoms with Gasteiger partial charge in [-0.05, 0) is 31.5 Å². The molecule has 0 unspecified atom stereocenters. The van der Waals surface area contributed by atoms with Gasteiger partial charge in [-0.25, -0.2) is 4.39 Å². The van der Waals surface area contributed by atoms with Crippen molar-refractivity contribution >= 4 is 11.3 Å². The predicted octanol–water partition coefficient (Wildman–Crippen LogP) is 2.06. The van der Waals surface area contributed by atoms with Crippen molar-refractivity contribution in [2.75, 3.05) is 6.61 Å². The molecular weight excluding hydrogens is 277 g/mol. The average molecular weight is 291 g/mol. The summed E-state index contributed by atoms with van der Waals surface area (Å²) in [5, 5.41) is 8.75. The Morgan fingerprint density at radius 3 is 2.75 bits per heavy atom. The second-order valence-corrected chi connectivity index (χ2v) is 5.52. The summed E-state index contributed by atoms with van der Waals surface area (Å²) in [6, 6.07) is 4.28. The van der Waals surface area contributed by atoms with Crippen molar-refractivity contribution in [2.45, 2.75) is 20.4 Å². The van der Waals surface area contributed by atoms with Crippen LogP contribution in [0, 0.1) is 31.5 Å². The van der Waals surface area contributed by atoms with Gasteiger partial charge in [-0.15, -0.1) is 0 Å². The summed E-state index contributed by atoms with van der Waals surface area (Å²) in [6.45, 7) is 3.85. The van der Waals surface area contributed by atoms with Gasteiger partial charge >= 0.3 is 4.87 Å². The van der Waals surface area contributed by atoms with Crippen LogP contribution in [-0.4, -0.2) is 16.3 Å². The Balaban J connectivity index is 2.45. The highest BCUT2D eigenvalue weighted by Gasteiger charge is 2.10. The van der Waals surface area contributed by atoms with Crippen molar-refractivity contribution in [2.24, 2.45) is 0 Å². The molecule has 0 saturated carbocycles. The summed E-state index contributed by atoms with van der Waals surface area (Å²) in [5.74, 6) is 4.84. The zero-order valence-corrected chi connectivity index (χ0v) is 12.1. The van der Waals surface area contributed by atoms with Gasteiger partial charge in [0.1, 0.15) is 12.4 Å². The minimum Gasteiger partial charge on any atom is -0.384 e. The fourth-order valence-electron chi connectivity index (χ4n) is 1.88. The van der Waals surface area contributed by atoms with Crippen LogP contribution in [0.2, 0.25) is 0 Å². The number of nitrogens with zero attached hydrogens (tertiary/aromatic N) is 1. The van der Waals surface area contributed by atoms with Crippen molar-refractivity contribution in [1.29, 1.82) is 0 Å². The maximum Gasteiger partial charge on any atom is 0.307 e. The van der Waals surface area contributed by atoms with Crippen molar-refractivity contribution in [3.8, 4) is 11.8 Å². The molecule has 0 aliphatic heterocycles. The lowest BCUT2D eigenvalue weighted by molar-refractivity contribution is 0.350. The van der Waals surface area contributed by atoms with Gasteiger partial charge in [0, 0.05) is 16.1 Å². The fraction of sp³-hybridized carbons (Fsp3) is 0.267. The Labute approximate surface area is 120 Å². The lowest BCUT2D eigenvalue weighted by Crippen LogP contribution is -2.16. The molecule has 1 N–H and O–H groups in total. The van der Waals surface area contributed by atoms with E-state index in [0.717, 1.165) is 16.1 Å². The van der Waals surface area contributed by atoms with Crippen LogP contribution in [0.1, 0.15) is 21.7 Å². The van der Waals surface area contributed by atoms with Gasteiger partial charge in [0.25, 0.3) is 0 Å². The average Bonchev–Trinajstić information content (AvgIpc) is 2.65. The molecule has 0 spiro atoms. The molecule has 0 aliphatic rings. The molecule has 104 valence electrons. The number of halogens is 1. The third kappa shape index (κ3) is 2.98. The van der Waals surface area contributed by atoms with Gasteiger partial charge in [0.2, 0.25) is 0 Å². The SMILES string of the molecule is Cc1sc(=O)n(Cc2ccc(F)cc2C#CCO)c1C. The molecule has 2 rings (SSSR count). The number of thiazole rings is 1. The first-order valence-corrected chi connectivity index (χ1v) is 6.89. The summed E-state index contributed by atoms with van der Waals surface area (Å²) < 4.78 is 14.9. The van der Waals surface area contributed by atoms with Crippen molar-refractivity contribution in [1.82, 2.24) is 4.57 Å². The fourth-order valence-corrected chi connectivity index (χ4v) is 2.71. The number of aliphatic hydroxyl groups excluding tert-OH is 1. The molecule has 0 amide bonds. The highest BCUT2D eigenvalue weighted by atomic mass is 32.1. The highest BCUT2D eigenvalue weighted by Crippen LogP contribution is 2.15. The summed E-state index contributed by atoms with van der Waals surface area (Å²) in [7, 11) is 0. The van der Waals surface area contributed by atoms with Gasteiger partial charge in [-0.3, -0.25) is 9.36 Å². The van der Waals surface area contributed by atoms with Gasteiger partial charge in [0.15, 0.2) is 0 Å². The van der Waals surface area contributed by atoms with E-state index >= 15 is 0 Å². The predicted molar refractivity (Wildman–Crippen MR) is 77.5 cm³/mol. The Kier molecular flexibility index (Phi) is 4.38. The number of aryl methyl sites for hydroxylation is 1. The molecular formula is C15H14FNO2S. The standard InChI is InChI=1S/C15H14FNO2S/c1-10-11(2)20-15(19)17(10)9-13-5-6-14(16)8-12(13)4-3-7-18/h5-6,8,18H,7,9H2,1-2H3. The quantitative estimate of drug-likeness (QED) is 0.861. The second-order valence-electron chi connectivity index (χ2n) is 4.36. The van der Waals surface area contributed by atoms with Crippen LogP contribution in [0.5, 0.6) is 0 Å². The normalized spacial score (nSPS) is 10.2. The smallest absolute Gasteiger partial charge is 0.307 e. The van der Waals surface area contributed by atoms with Crippen molar-refractivity contribution in [3.63, 3.8) is 0 Å². The Bertz CT molecular complexity index is 749. The number of rotatable bonds is 2. The molecule has 0 radical (unpaired) electrons. The highest BCUT2D eigenvalue weighted by molar-refractivity contribution is 7.09. The number of hydrogen-bond acceptors (Lipinski definition) is 3. The Morgan fingerprint density at radius 1 is 1.40 bits per heavy atom. The molecule has 20 heavy (non-hydrogen) atoms. The van der Waals surface area contributed by atoms with Crippen LogP contribution < -0.4 is 4.87 Å². The molecule has 2 aromatic rings. The molecule has 0 saturated heterocycles. The first-order valence-electron chi connectivity index (χ1n) is 6.08. The second kappa shape index (κ2) is 6.04. The van der Waals surface area contributed by atoms with E-state index < -0.39 is 0 Å². The molecule has 1 heterocycles. The minimum atomic E-state index is -0.387. The van der Waals surface area contributed by atoms with E-state index in [-0.39, 0.29) is 17.3 Å². The van der Waals surface area contributed by atoms with E-state index in [4.69, 9.17) is 5.11 Å². The Morgan fingerprint density at radius 2 is 2.15 bits per heavy atom. The molecule has 3 nitrogen and oxygen atoms in total. The van der Waals surface area contributed by atoms with E-state index in [1.165, 1.54) is 23.5 Å². The molecule has 0 aliphatic carbocycles. The number of benzene rings is 1. The first kappa shape index (κ1) is 14.5. The maximum absolute atomic E-state index is 13.3. The van der Waals surface area contributed by atoms with E-state index in [1.54, 1.807) is 10.6 Å². The van der Waals surface area contributed by atoms with Crippen LogP contribution in [0.15, 0.2) is 23.0 Å². The number of hydrogen-bond donors (Lipinski definition) is 1. The topological polar surface area (TPSA) is 42.2 Å². The molecule has 1 aromatic heterocycles. The van der Waals surface area contributed by atoms with Crippen LogP contribution in [-0.2, 0) is 6.54 Å². The summed E-state index contributed by atoms with van der Waals surface area (Å²) in [4.78, 5) is 12.8. The molecule has 0 atom stereocenters. The van der Waals surface area contributed by atoms with Crippen LogP contribution in [0.4, 0.5) is 4.39 Å². The van der Waals surface area contributed by atoms with Gasteiger partial charge in [-0.1, -0.05) is 29.2 Å². The maximum atomic E-state index is 13.3. The van der Waals surface area contributed by atoms with E-state index in [9.17, 15) is 9.18 Å². The van der Waals surface area contributed by atoms with E-state index in [0.29, 0.717) is 12.1 Å². The first-order chi connectivity index (χ1) is 9.52. The summed E-state index contributed by atoms with van der Waals surface area (Å²) in [5.41, 5.74) is 2.16. The van der Waals surface area contributed by atoms with Crippen molar-refractivity contribution < 1.29 is 9.50 Å². The monoisotopic (exact) mass is 291 g/mol. The van der Waals surface area contributed by atoms with Gasteiger partial charge in [0.05, 0.1) is 6.54 Å². The van der Waals surface area contributed by atoms with Gasteiger partial charge in [-0.2, -0.15) is 0 Å². The van der Waals surface area contributed by atoms with Crippen LogP contribution in [0.3, 0.4) is 0 Å². The van der Waals surface area contributed by atoms with Crippen molar-refractivity contribution in [3.05, 3.63) is 55.4 Å². The summed E-state index contributed by atoms with van der Waals surface area (Å²) in [6.07, 6.45) is 0. The van der Waals surface area contributed by atoms with Crippen LogP contribution in [0.25, 0.3) is 0 Å². The van der Waals surface area contributed by atoms with Gasteiger partial charge < -0.3 is 5.11 Å². The third-order valence-corrected chi connectivity index (χ3v) is 4.07. The lowest BCUT2D eigenvalue weighted by atomic mass is 10.1. The largest absolute Gasteiger partial charge is 0.384 e.